The van der Waals surface area contributed by atoms with Crippen LogP contribution >= 0.6 is 0 Å². The van der Waals surface area contributed by atoms with Gasteiger partial charge in [0.05, 0.1) is 5.56 Å². The average Bonchev–Trinajstić information content (AvgIpc) is 2.62. The first-order valence-electron chi connectivity index (χ1n) is 7.63. The van der Waals surface area contributed by atoms with Crippen LogP contribution in [0.4, 0.5) is 5.69 Å². The maximum Gasteiger partial charge on any atom is 0.265 e. The molecule has 0 heterocycles. The first-order valence-corrected chi connectivity index (χ1v) is 7.63. The minimum absolute atomic E-state index is 0.266. The van der Waals surface area contributed by atoms with Crippen molar-refractivity contribution >= 4 is 22.4 Å². The number of carbonyl (C=O) groups is 1. The van der Waals surface area contributed by atoms with Crippen LogP contribution in [-0.4, -0.2) is 12.0 Å². The molecule has 24 heavy (non-hydrogen) atoms. The maximum absolute atomic E-state index is 12.3. The molecule has 0 radical (unpaired) electrons. The summed E-state index contributed by atoms with van der Waals surface area (Å²) in [5.74, 6) is 0.138. The largest absolute Gasteiger partial charge is 0.480 e. The normalized spacial score (nSPS) is 11.5. The van der Waals surface area contributed by atoms with E-state index in [0.717, 1.165) is 10.8 Å². The zero-order chi connectivity index (χ0) is 16.9. The topological polar surface area (TPSA) is 62.1 Å². The monoisotopic (exact) mass is 316 g/mol. The summed E-state index contributed by atoms with van der Waals surface area (Å²) in [6.45, 7) is 1.66. The van der Waals surface area contributed by atoms with Crippen molar-refractivity contribution in [3.05, 3.63) is 72.3 Å². The molecular formula is C20H16N2O2. The van der Waals surface area contributed by atoms with Crippen LogP contribution in [0, 0.1) is 11.3 Å². The van der Waals surface area contributed by atoms with E-state index in [2.05, 4.69) is 11.4 Å². The Balaban J connectivity index is 1.72. The molecule has 4 nitrogen and oxygen atoms in total. The molecule has 1 N–H and O–H groups in total. The van der Waals surface area contributed by atoms with Crippen molar-refractivity contribution in [3.8, 4) is 11.8 Å². The number of benzene rings is 3. The van der Waals surface area contributed by atoms with E-state index in [1.807, 2.05) is 42.5 Å². The maximum atomic E-state index is 12.3. The Labute approximate surface area is 140 Å². The second-order valence-corrected chi connectivity index (χ2v) is 5.42. The number of fused-ring (bicyclic) bond motifs is 1. The Morgan fingerprint density at radius 2 is 1.75 bits per heavy atom. The highest BCUT2D eigenvalue weighted by Crippen LogP contribution is 2.21. The highest BCUT2D eigenvalue weighted by Gasteiger charge is 2.16. The Kier molecular flexibility index (Phi) is 4.44. The first kappa shape index (κ1) is 15.6. The fraction of sp³-hybridized carbons (Fsp3) is 0.100. The molecule has 0 fully saturated rings. The van der Waals surface area contributed by atoms with Crippen LogP contribution in [0.25, 0.3) is 10.8 Å². The van der Waals surface area contributed by atoms with Gasteiger partial charge in [0.1, 0.15) is 11.8 Å². The summed E-state index contributed by atoms with van der Waals surface area (Å²) < 4.78 is 5.62. The number of rotatable bonds is 4. The predicted octanol–water partition coefficient (Wildman–Crippen LogP) is 4.12. The number of nitrogens with zero attached hydrogens (tertiary/aromatic N) is 1. The summed E-state index contributed by atoms with van der Waals surface area (Å²) in [6, 6.07) is 22.6. The van der Waals surface area contributed by atoms with E-state index >= 15 is 0 Å². The number of nitriles is 1. The van der Waals surface area contributed by atoms with Gasteiger partial charge < -0.3 is 10.1 Å². The first-order chi connectivity index (χ1) is 11.7. The van der Waals surface area contributed by atoms with Crippen molar-refractivity contribution in [1.82, 2.24) is 0 Å². The van der Waals surface area contributed by atoms with E-state index in [-0.39, 0.29) is 5.91 Å². The number of para-hydroxylation sites is 1. The van der Waals surface area contributed by atoms with E-state index < -0.39 is 6.10 Å². The SMILES string of the molecule is CC(Oc1ccccc1C#N)C(=O)Nc1ccc2ccccc2c1. The van der Waals surface area contributed by atoms with Gasteiger partial charge in [0.15, 0.2) is 6.10 Å². The van der Waals surface area contributed by atoms with Crippen molar-refractivity contribution in [2.24, 2.45) is 0 Å². The lowest BCUT2D eigenvalue weighted by Gasteiger charge is -2.15. The molecule has 1 unspecified atom stereocenters. The van der Waals surface area contributed by atoms with Gasteiger partial charge in [0.25, 0.3) is 5.91 Å². The molecule has 118 valence electrons. The summed E-state index contributed by atoms with van der Waals surface area (Å²) in [5, 5.41) is 14.1. The Morgan fingerprint density at radius 3 is 2.54 bits per heavy atom. The third kappa shape index (κ3) is 3.36. The molecule has 3 rings (SSSR count). The highest BCUT2D eigenvalue weighted by molar-refractivity contribution is 5.96. The molecule has 3 aromatic rings. The fourth-order valence-electron chi connectivity index (χ4n) is 2.42. The lowest BCUT2D eigenvalue weighted by molar-refractivity contribution is -0.122. The van der Waals surface area contributed by atoms with Gasteiger partial charge in [-0.05, 0) is 42.0 Å². The number of nitrogens with one attached hydrogen (secondary N) is 1. The smallest absolute Gasteiger partial charge is 0.265 e. The quantitative estimate of drug-likeness (QED) is 0.787. The van der Waals surface area contributed by atoms with E-state index in [0.29, 0.717) is 17.0 Å². The molecule has 0 aliphatic heterocycles. The lowest BCUT2D eigenvalue weighted by Crippen LogP contribution is -2.30. The van der Waals surface area contributed by atoms with Crippen LogP contribution < -0.4 is 10.1 Å². The van der Waals surface area contributed by atoms with Crippen molar-refractivity contribution in [1.29, 1.82) is 5.26 Å². The second-order valence-electron chi connectivity index (χ2n) is 5.42. The van der Waals surface area contributed by atoms with E-state index in [1.54, 1.807) is 31.2 Å². The molecule has 3 aromatic carbocycles. The predicted molar refractivity (Wildman–Crippen MR) is 93.8 cm³/mol. The molecule has 0 spiro atoms. The van der Waals surface area contributed by atoms with Crippen LogP contribution in [0.15, 0.2) is 66.7 Å². The third-order valence-electron chi connectivity index (χ3n) is 3.70. The zero-order valence-electron chi connectivity index (χ0n) is 13.2. The van der Waals surface area contributed by atoms with Crippen LogP contribution in [-0.2, 0) is 4.79 Å². The van der Waals surface area contributed by atoms with Gasteiger partial charge >= 0.3 is 0 Å². The number of ether oxygens (including phenoxy) is 1. The van der Waals surface area contributed by atoms with Crippen LogP contribution in [0.3, 0.4) is 0 Å². The second kappa shape index (κ2) is 6.84. The molecule has 1 amide bonds. The van der Waals surface area contributed by atoms with Gasteiger partial charge in [-0.25, -0.2) is 0 Å². The van der Waals surface area contributed by atoms with Crippen LogP contribution in [0.5, 0.6) is 5.75 Å². The molecule has 0 saturated heterocycles. The van der Waals surface area contributed by atoms with Crippen molar-refractivity contribution in [2.45, 2.75) is 13.0 Å². The van der Waals surface area contributed by atoms with Crippen molar-refractivity contribution in [2.75, 3.05) is 5.32 Å². The summed E-state index contributed by atoms with van der Waals surface area (Å²) in [6.07, 6.45) is -0.717. The number of amides is 1. The average molecular weight is 316 g/mol. The highest BCUT2D eigenvalue weighted by atomic mass is 16.5. The van der Waals surface area contributed by atoms with Gasteiger partial charge in [-0.15, -0.1) is 0 Å². The molecular weight excluding hydrogens is 300 g/mol. The van der Waals surface area contributed by atoms with Crippen molar-refractivity contribution < 1.29 is 9.53 Å². The van der Waals surface area contributed by atoms with Crippen LogP contribution in [0.1, 0.15) is 12.5 Å². The van der Waals surface area contributed by atoms with E-state index in [9.17, 15) is 4.79 Å². The number of anilines is 1. The van der Waals surface area contributed by atoms with E-state index in [4.69, 9.17) is 10.00 Å². The molecule has 4 heteroatoms. The minimum atomic E-state index is -0.717. The summed E-state index contributed by atoms with van der Waals surface area (Å²) >= 11 is 0. The molecule has 0 saturated carbocycles. The Morgan fingerprint density at radius 1 is 1.04 bits per heavy atom. The zero-order valence-corrected chi connectivity index (χ0v) is 13.2. The minimum Gasteiger partial charge on any atom is -0.480 e. The van der Waals surface area contributed by atoms with Gasteiger partial charge in [-0.1, -0.05) is 42.5 Å². The number of carbonyl (C=O) groups excluding carboxylic acids is 1. The van der Waals surface area contributed by atoms with Gasteiger partial charge in [-0.2, -0.15) is 5.26 Å². The standard InChI is InChI=1S/C20H16N2O2/c1-14(24-19-9-5-4-8-17(19)13-21)20(23)22-18-11-10-15-6-2-3-7-16(15)12-18/h2-12,14H,1H3,(H,22,23). The molecule has 0 aliphatic rings. The molecule has 0 aromatic heterocycles. The van der Waals surface area contributed by atoms with E-state index in [1.165, 1.54) is 0 Å². The Hall–Kier alpha value is -3.32. The molecule has 0 aliphatic carbocycles. The Bertz CT molecular complexity index is 928. The van der Waals surface area contributed by atoms with Gasteiger partial charge in [0.2, 0.25) is 0 Å². The lowest BCUT2D eigenvalue weighted by atomic mass is 10.1. The number of hydrogen-bond donors (Lipinski definition) is 1. The fourth-order valence-corrected chi connectivity index (χ4v) is 2.42. The summed E-state index contributed by atoms with van der Waals surface area (Å²) in [5.41, 5.74) is 1.12. The summed E-state index contributed by atoms with van der Waals surface area (Å²) in [4.78, 5) is 12.3. The number of hydrogen-bond acceptors (Lipinski definition) is 3. The molecule has 0 bridgehead atoms. The van der Waals surface area contributed by atoms with Crippen LogP contribution in [0.2, 0.25) is 0 Å². The summed E-state index contributed by atoms with van der Waals surface area (Å²) in [7, 11) is 0. The van der Waals surface area contributed by atoms with Gasteiger partial charge in [-0.3, -0.25) is 4.79 Å². The third-order valence-corrected chi connectivity index (χ3v) is 3.70. The van der Waals surface area contributed by atoms with Crippen molar-refractivity contribution in [3.63, 3.8) is 0 Å². The molecule has 1 atom stereocenters. The van der Waals surface area contributed by atoms with Gasteiger partial charge in [0, 0.05) is 5.69 Å².